The van der Waals surface area contributed by atoms with E-state index in [0.29, 0.717) is 6.04 Å². The van der Waals surface area contributed by atoms with E-state index in [-0.39, 0.29) is 6.61 Å². The van der Waals surface area contributed by atoms with Crippen LogP contribution in [0.3, 0.4) is 0 Å². The number of nitrogens with zero attached hydrogens (tertiary/aromatic N) is 2. The molecule has 0 bridgehead atoms. The second-order valence-corrected chi connectivity index (χ2v) is 6.90. The van der Waals surface area contributed by atoms with E-state index in [0.717, 1.165) is 26.2 Å². The van der Waals surface area contributed by atoms with Gasteiger partial charge in [0.2, 0.25) is 0 Å². The highest BCUT2D eigenvalue weighted by Gasteiger charge is 2.23. The summed E-state index contributed by atoms with van der Waals surface area (Å²) in [6, 6.07) is 9.23. The molecule has 0 aliphatic carbocycles. The summed E-state index contributed by atoms with van der Waals surface area (Å²) >= 11 is 1.82. The summed E-state index contributed by atoms with van der Waals surface area (Å²) in [4.78, 5) is 4.87. The van der Waals surface area contributed by atoms with Crippen molar-refractivity contribution in [2.24, 2.45) is 0 Å². The molecule has 0 unspecified atom stereocenters. The number of rotatable bonds is 5. The van der Waals surface area contributed by atoms with Crippen LogP contribution in [0.2, 0.25) is 0 Å². The zero-order chi connectivity index (χ0) is 14.7. The number of aliphatic hydroxyl groups is 1. The van der Waals surface area contributed by atoms with Crippen LogP contribution < -0.4 is 0 Å². The molecule has 0 amide bonds. The van der Waals surface area contributed by atoms with E-state index in [1.807, 2.05) is 11.3 Å². The molecule has 1 aromatic heterocycles. The van der Waals surface area contributed by atoms with Gasteiger partial charge in [-0.2, -0.15) is 0 Å². The van der Waals surface area contributed by atoms with Crippen LogP contribution in [0.1, 0.15) is 18.4 Å². The van der Waals surface area contributed by atoms with Gasteiger partial charge in [-0.15, -0.1) is 11.3 Å². The van der Waals surface area contributed by atoms with Gasteiger partial charge in [0, 0.05) is 23.8 Å². The molecule has 1 aliphatic rings. The topological polar surface area (TPSA) is 26.7 Å². The number of piperidine rings is 1. The summed E-state index contributed by atoms with van der Waals surface area (Å²) in [5, 5.41) is 13.1. The Balaban J connectivity index is 1.75. The standard InChI is InChI=1S/C17H24N2OS/c1-18-8-6-15(7-9-18)19(10-11-20)12-14-13-21-17-5-3-2-4-16(14)17/h2-5,13,15,20H,6-12H2,1H3. The lowest BCUT2D eigenvalue weighted by molar-refractivity contribution is 0.0945. The lowest BCUT2D eigenvalue weighted by Crippen LogP contribution is -2.44. The average molecular weight is 304 g/mol. The Hall–Kier alpha value is -0.940. The van der Waals surface area contributed by atoms with Crippen molar-refractivity contribution in [3.8, 4) is 0 Å². The van der Waals surface area contributed by atoms with Crippen LogP contribution in [-0.2, 0) is 6.54 Å². The smallest absolute Gasteiger partial charge is 0.0558 e. The highest BCUT2D eigenvalue weighted by molar-refractivity contribution is 7.17. The molecule has 0 radical (unpaired) electrons. The number of aliphatic hydroxyl groups excluding tert-OH is 1. The van der Waals surface area contributed by atoms with Crippen molar-refractivity contribution in [2.45, 2.75) is 25.4 Å². The number of hydrogen-bond donors (Lipinski definition) is 1. The fourth-order valence-electron chi connectivity index (χ4n) is 3.25. The summed E-state index contributed by atoms with van der Waals surface area (Å²) < 4.78 is 1.36. The molecule has 1 N–H and O–H groups in total. The van der Waals surface area contributed by atoms with E-state index in [1.54, 1.807) is 0 Å². The molecule has 114 valence electrons. The molecule has 3 nitrogen and oxygen atoms in total. The maximum absolute atomic E-state index is 9.41. The molecule has 1 fully saturated rings. The van der Waals surface area contributed by atoms with Crippen molar-refractivity contribution < 1.29 is 5.11 Å². The Kier molecular flexibility index (Phi) is 4.91. The van der Waals surface area contributed by atoms with Gasteiger partial charge < -0.3 is 10.0 Å². The van der Waals surface area contributed by atoms with E-state index in [2.05, 4.69) is 46.5 Å². The second-order valence-electron chi connectivity index (χ2n) is 5.99. The van der Waals surface area contributed by atoms with Gasteiger partial charge in [0.05, 0.1) is 6.61 Å². The first-order chi connectivity index (χ1) is 10.3. The third kappa shape index (κ3) is 3.46. The molecule has 1 saturated heterocycles. The molecule has 4 heteroatoms. The molecule has 3 rings (SSSR count). The quantitative estimate of drug-likeness (QED) is 0.920. The minimum Gasteiger partial charge on any atom is -0.395 e. The van der Waals surface area contributed by atoms with Crippen LogP contribution in [-0.4, -0.2) is 54.2 Å². The Bertz CT molecular complexity index is 575. The van der Waals surface area contributed by atoms with Gasteiger partial charge in [-0.3, -0.25) is 4.90 Å². The average Bonchev–Trinajstić information content (AvgIpc) is 2.91. The highest BCUT2D eigenvalue weighted by atomic mass is 32.1. The van der Waals surface area contributed by atoms with Gasteiger partial charge in [0.25, 0.3) is 0 Å². The normalized spacial score (nSPS) is 17.9. The number of likely N-dealkylation sites (tertiary alicyclic amines) is 1. The number of benzene rings is 1. The third-order valence-corrected chi connectivity index (χ3v) is 5.54. The predicted molar refractivity (Wildman–Crippen MR) is 89.8 cm³/mol. The van der Waals surface area contributed by atoms with Crippen molar-refractivity contribution in [3.63, 3.8) is 0 Å². The summed E-state index contributed by atoms with van der Waals surface area (Å²) in [5.41, 5.74) is 1.41. The van der Waals surface area contributed by atoms with Gasteiger partial charge >= 0.3 is 0 Å². The summed E-state index contributed by atoms with van der Waals surface area (Å²) in [6.45, 7) is 4.31. The SMILES string of the molecule is CN1CCC(N(CCO)Cc2csc3ccccc23)CC1. The molecule has 1 aromatic carbocycles. The van der Waals surface area contributed by atoms with Crippen molar-refractivity contribution in [1.29, 1.82) is 0 Å². The van der Waals surface area contributed by atoms with Gasteiger partial charge in [0.1, 0.15) is 0 Å². The molecule has 2 heterocycles. The molecule has 21 heavy (non-hydrogen) atoms. The van der Waals surface area contributed by atoms with E-state index < -0.39 is 0 Å². The Morgan fingerprint density at radius 2 is 2.05 bits per heavy atom. The zero-order valence-corrected chi connectivity index (χ0v) is 13.5. The van der Waals surface area contributed by atoms with Crippen molar-refractivity contribution in [1.82, 2.24) is 9.80 Å². The number of fused-ring (bicyclic) bond motifs is 1. The predicted octanol–water partition coefficient (Wildman–Crippen LogP) is 2.79. The van der Waals surface area contributed by atoms with Crippen molar-refractivity contribution >= 4 is 21.4 Å². The minimum atomic E-state index is 0.244. The summed E-state index contributed by atoms with van der Waals surface area (Å²) in [6.07, 6.45) is 2.41. The van der Waals surface area contributed by atoms with E-state index in [9.17, 15) is 5.11 Å². The van der Waals surface area contributed by atoms with Crippen LogP contribution in [0, 0.1) is 0 Å². The van der Waals surface area contributed by atoms with Crippen molar-refractivity contribution in [3.05, 3.63) is 35.2 Å². The first-order valence-corrected chi connectivity index (χ1v) is 8.64. The lowest BCUT2D eigenvalue weighted by atomic mass is 10.0. The fraction of sp³-hybridized carbons (Fsp3) is 0.529. The lowest BCUT2D eigenvalue weighted by Gasteiger charge is -2.37. The van der Waals surface area contributed by atoms with Crippen LogP contribution in [0.4, 0.5) is 0 Å². The maximum atomic E-state index is 9.41. The Morgan fingerprint density at radius 3 is 2.81 bits per heavy atom. The number of hydrogen-bond acceptors (Lipinski definition) is 4. The summed E-state index contributed by atoms with van der Waals surface area (Å²) in [7, 11) is 2.19. The summed E-state index contributed by atoms with van der Waals surface area (Å²) in [5.74, 6) is 0. The Labute approximate surface area is 130 Å². The van der Waals surface area contributed by atoms with Gasteiger partial charge in [-0.05, 0) is 55.4 Å². The first-order valence-electron chi connectivity index (χ1n) is 7.76. The first kappa shape index (κ1) is 15.0. The van der Waals surface area contributed by atoms with Gasteiger partial charge in [-0.1, -0.05) is 18.2 Å². The Morgan fingerprint density at radius 1 is 1.29 bits per heavy atom. The minimum absolute atomic E-state index is 0.244. The van der Waals surface area contributed by atoms with E-state index in [1.165, 1.54) is 28.5 Å². The maximum Gasteiger partial charge on any atom is 0.0558 e. The van der Waals surface area contributed by atoms with E-state index in [4.69, 9.17) is 0 Å². The van der Waals surface area contributed by atoms with Crippen LogP contribution in [0.25, 0.3) is 10.1 Å². The zero-order valence-electron chi connectivity index (χ0n) is 12.7. The third-order valence-electron chi connectivity index (χ3n) is 4.53. The fourth-order valence-corrected chi connectivity index (χ4v) is 4.21. The molecule has 2 aromatic rings. The van der Waals surface area contributed by atoms with E-state index >= 15 is 0 Å². The number of thiophene rings is 1. The molecular formula is C17H24N2OS. The second kappa shape index (κ2) is 6.88. The van der Waals surface area contributed by atoms with Gasteiger partial charge in [0.15, 0.2) is 0 Å². The largest absolute Gasteiger partial charge is 0.395 e. The molecular weight excluding hydrogens is 280 g/mol. The van der Waals surface area contributed by atoms with Crippen LogP contribution in [0.5, 0.6) is 0 Å². The van der Waals surface area contributed by atoms with Crippen molar-refractivity contribution in [2.75, 3.05) is 33.3 Å². The monoisotopic (exact) mass is 304 g/mol. The molecule has 0 spiro atoms. The van der Waals surface area contributed by atoms with Crippen LogP contribution in [0.15, 0.2) is 29.6 Å². The van der Waals surface area contributed by atoms with Crippen LogP contribution >= 0.6 is 11.3 Å². The molecule has 0 atom stereocenters. The highest BCUT2D eigenvalue weighted by Crippen LogP contribution is 2.28. The molecule has 0 saturated carbocycles. The van der Waals surface area contributed by atoms with Gasteiger partial charge in [-0.25, -0.2) is 0 Å². The molecule has 1 aliphatic heterocycles.